The first-order valence-corrected chi connectivity index (χ1v) is 7.49. The van der Waals surface area contributed by atoms with Crippen molar-refractivity contribution in [2.75, 3.05) is 39.4 Å². The van der Waals surface area contributed by atoms with Crippen molar-refractivity contribution >= 4 is 5.91 Å². The molecule has 0 spiro atoms. The summed E-state index contributed by atoms with van der Waals surface area (Å²) in [5, 5.41) is 2.96. The van der Waals surface area contributed by atoms with Gasteiger partial charge < -0.3 is 10.1 Å². The number of morpholine rings is 1. The predicted molar refractivity (Wildman–Crippen MR) is 79.9 cm³/mol. The number of rotatable bonds is 7. The molecule has 1 N–H and O–H groups in total. The number of hydrogen-bond donors (Lipinski definition) is 1. The zero-order chi connectivity index (χ0) is 14.0. The van der Waals surface area contributed by atoms with Crippen LogP contribution in [-0.4, -0.2) is 50.2 Å². The Morgan fingerprint density at radius 1 is 1.10 bits per heavy atom. The summed E-state index contributed by atoms with van der Waals surface area (Å²) in [6.07, 6.45) is 3.40. The number of unbranched alkanes of at least 4 members (excludes halogenated alkanes) is 2. The summed E-state index contributed by atoms with van der Waals surface area (Å²) < 4.78 is 5.32. The third kappa shape index (κ3) is 5.31. The molecule has 0 aliphatic carbocycles. The summed E-state index contributed by atoms with van der Waals surface area (Å²) in [6, 6.07) is 9.37. The van der Waals surface area contributed by atoms with Crippen molar-refractivity contribution in [3.05, 3.63) is 35.9 Å². The van der Waals surface area contributed by atoms with E-state index >= 15 is 0 Å². The number of hydrogen-bond acceptors (Lipinski definition) is 3. The van der Waals surface area contributed by atoms with Crippen molar-refractivity contribution in [2.45, 2.75) is 19.3 Å². The minimum Gasteiger partial charge on any atom is -0.379 e. The molecule has 4 heteroatoms. The fourth-order valence-electron chi connectivity index (χ4n) is 2.36. The molecular weight excluding hydrogens is 252 g/mol. The van der Waals surface area contributed by atoms with Crippen LogP contribution >= 0.6 is 0 Å². The summed E-state index contributed by atoms with van der Waals surface area (Å²) in [6.45, 7) is 5.77. The van der Waals surface area contributed by atoms with E-state index in [1.807, 2.05) is 30.3 Å². The molecule has 2 rings (SSSR count). The molecule has 0 radical (unpaired) electrons. The molecule has 1 aliphatic heterocycles. The minimum atomic E-state index is 0.0266. The Morgan fingerprint density at radius 3 is 2.60 bits per heavy atom. The monoisotopic (exact) mass is 276 g/mol. The summed E-state index contributed by atoms with van der Waals surface area (Å²) >= 11 is 0. The highest BCUT2D eigenvalue weighted by molar-refractivity contribution is 5.94. The Labute approximate surface area is 121 Å². The predicted octanol–water partition coefficient (Wildman–Crippen LogP) is 1.92. The van der Waals surface area contributed by atoms with Crippen molar-refractivity contribution in [1.29, 1.82) is 0 Å². The second-order valence-corrected chi connectivity index (χ2v) is 5.14. The van der Waals surface area contributed by atoms with Gasteiger partial charge in [0.2, 0.25) is 0 Å². The van der Waals surface area contributed by atoms with E-state index < -0.39 is 0 Å². The maximum Gasteiger partial charge on any atom is 0.251 e. The minimum absolute atomic E-state index is 0.0266. The standard InChI is InChI=1S/C16H24N2O2/c19-16(15-7-3-1-4-8-15)17-9-5-2-6-10-18-11-13-20-14-12-18/h1,3-4,7-8H,2,5-6,9-14H2,(H,17,19). The number of carbonyl (C=O) groups is 1. The molecule has 0 aromatic heterocycles. The second-order valence-electron chi connectivity index (χ2n) is 5.14. The van der Waals surface area contributed by atoms with Gasteiger partial charge >= 0.3 is 0 Å². The molecule has 1 heterocycles. The molecule has 1 fully saturated rings. The van der Waals surface area contributed by atoms with Crippen LogP contribution in [0, 0.1) is 0 Å². The molecule has 0 bridgehead atoms. The van der Waals surface area contributed by atoms with Crippen molar-refractivity contribution in [3.8, 4) is 0 Å². The number of ether oxygens (including phenoxy) is 1. The lowest BCUT2D eigenvalue weighted by Crippen LogP contribution is -2.36. The van der Waals surface area contributed by atoms with Gasteiger partial charge in [0.1, 0.15) is 0 Å². The van der Waals surface area contributed by atoms with Crippen molar-refractivity contribution in [1.82, 2.24) is 10.2 Å². The Balaban J connectivity index is 1.50. The summed E-state index contributed by atoms with van der Waals surface area (Å²) in [4.78, 5) is 14.2. The normalized spacial score (nSPS) is 16.0. The van der Waals surface area contributed by atoms with Gasteiger partial charge in [-0.25, -0.2) is 0 Å². The first kappa shape index (κ1) is 15.0. The third-order valence-electron chi connectivity index (χ3n) is 3.58. The van der Waals surface area contributed by atoms with Gasteiger partial charge in [0, 0.05) is 25.2 Å². The number of carbonyl (C=O) groups excluding carboxylic acids is 1. The maximum absolute atomic E-state index is 11.8. The molecule has 1 aromatic carbocycles. The van der Waals surface area contributed by atoms with E-state index in [9.17, 15) is 4.79 Å². The van der Waals surface area contributed by atoms with Crippen LogP contribution in [0.2, 0.25) is 0 Å². The van der Waals surface area contributed by atoms with Crippen LogP contribution in [0.5, 0.6) is 0 Å². The van der Waals surface area contributed by atoms with Gasteiger partial charge in [-0.15, -0.1) is 0 Å². The van der Waals surface area contributed by atoms with Gasteiger partial charge in [-0.3, -0.25) is 9.69 Å². The molecule has 4 nitrogen and oxygen atoms in total. The molecule has 1 aromatic rings. The van der Waals surface area contributed by atoms with Gasteiger partial charge in [0.25, 0.3) is 5.91 Å². The smallest absolute Gasteiger partial charge is 0.251 e. The van der Waals surface area contributed by atoms with Crippen molar-refractivity contribution < 1.29 is 9.53 Å². The molecular formula is C16H24N2O2. The van der Waals surface area contributed by atoms with Gasteiger partial charge in [0.05, 0.1) is 13.2 Å². The SMILES string of the molecule is O=C(NCCCCCN1CCOCC1)c1ccccc1. The Kier molecular flexibility index (Phi) is 6.54. The topological polar surface area (TPSA) is 41.6 Å². The largest absolute Gasteiger partial charge is 0.379 e. The number of nitrogens with zero attached hydrogens (tertiary/aromatic N) is 1. The highest BCUT2D eigenvalue weighted by Gasteiger charge is 2.09. The van der Waals surface area contributed by atoms with Crippen LogP contribution in [-0.2, 0) is 4.74 Å². The van der Waals surface area contributed by atoms with E-state index in [1.165, 1.54) is 6.42 Å². The molecule has 20 heavy (non-hydrogen) atoms. The fraction of sp³-hybridized carbons (Fsp3) is 0.562. The van der Waals surface area contributed by atoms with Crippen LogP contribution in [0.1, 0.15) is 29.6 Å². The van der Waals surface area contributed by atoms with E-state index in [0.717, 1.165) is 57.8 Å². The van der Waals surface area contributed by atoms with E-state index in [0.29, 0.717) is 0 Å². The zero-order valence-corrected chi connectivity index (χ0v) is 12.0. The van der Waals surface area contributed by atoms with Crippen LogP contribution < -0.4 is 5.32 Å². The third-order valence-corrected chi connectivity index (χ3v) is 3.58. The molecule has 0 unspecified atom stereocenters. The van der Waals surface area contributed by atoms with E-state index in [4.69, 9.17) is 4.74 Å². The number of nitrogens with one attached hydrogen (secondary N) is 1. The average Bonchev–Trinajstić information content (AvgIpc) is 2.52. The molecule has 0 saturated carbocycles. The lowest BCUT2D eigenvalue weighted by Gasteiger charge is -2.26. The molecule has 1 saturated heterocycles. The highest BCUT2D eigenvalue weighted by Crippen LogP contribution is 2.02. The number of benzene rings is 1. The van der Waals surface area contributed by atoms with Crippen molar-refractivity contribution in [3.63, 3.8) is 0 Å². The molecule has 1 aliphatic rings. The van der Waals surface area contributed by atoms with Crippen LogP contribution in [0.15, 0.2) is 30.3 Å². The highest BCUT2D eigenvalue weighted by atomic mass is 16.5. The number of amides is 1. The second kappa shape index (κ2) is 8.72. The molecule has 110 valence electrons. The molecule has 1 amide bonds. The Morgan fingerprint density at radius 2 is 1.85 bits per heavy atom. The van der Waals surface area contributed by atoms with E-state index in [1.54, 1.807) is 0 Å². The first-order chi connectivity index (χ1) is 9.86. The van der Waals surface area contributed by atoms with Crippen LogP contribution in [0.4, 0.5) is 0 Å². The van der Waals surface area contributed by atoms with E-state index in [2.05, 4.69) is 10.2 Å². The summed E-state index contributed by atoms with van der Waals surface area (Å²) in [5.41, 5.74) is 0.737. The molecule has 0 atom stereocenters. The van der Waals surface area contributed by atoms with Gasteiger partial charge in [0.15, 0.2) is 0 Å². The average molecular weight is 276 g/mol. The van der Waals surface area contributed by atoms with Crippen LogP contribution in [0.3, 0.4) is 0 Å². The Bertz CT molecular complexity index is 389. The van der Waals surface area contributed by atoms with Gasteiger partial charge in [-0.2, -0.15) is 0 Å². The fourth-order valence-corrected chi connectivity index (χ4v) is 2.36. The summed E-state index contributed by atoms with van der Waals surface area (Å²) in [5.74, 6) is 0.0266. The zero-order valence-electron chi connectivity index (χ0n) is 12.0. The van der Waals surface area contributed by atoms with Crippen molar-refractivity contribution in [2.24, 2.45) is 0 Å². The maximum atomic E-state index is 11.8. The lowest BCUT2D eigenvalue weighted by atomic mass is 10.2. The Hall–Kier alpha value is -1.39. The van der Waals surface area contributed by atoms with E-state index in [-0.39, 0.29) is 5.91 Å². The quantitative estimate of drug-likeness (QED) is 0.774. The van der Waals surface area contributed by atoms with Crippen LogP contribution in [0.25, 0.3) is 0 Å². The lowest BCUT2D eigenvalue weighted by molar-refractivity contribution is 0.0371. The first-order valence-electron chi connectivity index (χ1n) is 7.49. The van der Waals surface area contributed by atoms with Gasteiger partial charge in [-0.1, -0.05) is 24.6 Å². The van der Waals surface area contributed by atoms with Gasteiger partial charge in [-0.05, 0) is 31.5 Å². The summed E-state index contributed by atoms with van der Waals surface area (Å²) in [7, 11) is 0.